The Morgan fingerprint density at radius 2 is 1.53 bits per heavy atom. The number of benzene rings is 3. The Balaban J connectivity index is 1.55. The first-order chi connectivity index (χ1) is 17.2. The molecule has 0 aliphatic carbocycles. The van der Waals surface area contributed by atoms with Crippen molar-refractivity contribution in [2.24, 2.45) is 0 Å². The SMILES string of the molecule is Cc1ccc(S(=O)(=O)Nc2ccc(-c3nc(-c4c(C)nc(=S)[nH]c4C)c4ccccc4n3)cc2)cc1. The van der Waals surface area contributed by atoms with E-state index >= 15 is 0 Å². The summed E-state index contributed by atoms with van der Waals surface area (Å²) in [6.45, 7) is 5.77. The van der Waals surface area contributed by atoms with E-state index < -0.39 is 10.0 Å². The molecule has 0 saturated heterocycles. The van der Waals surface area contributed by atoms with Crippen LogP contribution < -0.4 is 4.72 Å². The zero-order chi connectivity index (χ0) is 25.4. The van der Waals surface area contributed by atoms with E-state index in [4.69, 9.17) is 22.2 Å². The summed E-state index contributed by atoms with van der Waals surface area (Å²) in [5.74, 6) is 0.526. The van der Waals surface area contributed by atoms with Crippen molar-refractivity contribution >= 4 is 38.8 Å². The Labute approximate surface area is 214 Å². The minimum absolute atomic E-state index is 0.209. The number of para-hydroxylation sites is 1. The van der Waals surface area contributed by atoms with E-state index in [2.05, 4.69) is 14.7 Å². The fraction of sp³-hybridized carbons (Fsp3) is 0.111. The van der Waals surface area contributed by atoms with Crippen molar-refractivity contribution in [3.05, 3.63) is 94.5 Å². The fourth-order valence-corrected chi connectivity index (χ4v) is 5.44. The molecular formula is C27H23N5O2S2. The fourth-order valence-electron chi connectivity index (χ4n) is 4.09. The summed E-state index contributed by atoms with van der Waals surface area (Å²) in [6, 6.07) is 21.5. The summed E-state index contributed by atoms with van der Waals surface area (Å²) < 4.78 is 28.6. The average Bonchev–Trinajstić information content (AvgIpc) is 2.84. The van der Waals surface area contributed by atoms with E-state index in [1.807, 2.05) is 45.0 Å². The first-order valence-electron chi connectivity index (χ1n) is 11.3. The lowest BCUT2D eigenvalue weighted by Gasteiger charge is -2.13. The quantitative estimate of drug-likeness (QED) is 0.274. The molecule has 180 valence electrons. The van der Waals surface area contributed by atoms with Gasteiger partial charge in [-0.1, -0.05) is 35.9 Å². The number of anilines is 1. The predicted molar refractivity (Wildman–Crippen MR) is 145 cm³/mol. The number of nitrogens with one attached hydrogen (secondary N) is 2. The Kier molecular flexibility index (Phi) is 6.11. The van der Waals surface area contributed by atoms with Crippen molar-refractivity contribution in [3.8, 4) is 22.6 Å². The Morgan fingerprint density at radius 1 is 0.833 bits per heavy atom. The molecule has 0 bridgehead atoms. The summed E-state index contributed by atoms with van der Waals surface area (Å²) in [4.78, 5) is 17.4. The van der Waals surface area contributed by atoms with Gasteiger partial charge in [-0.2, -0.15) is 0 Å². The second-order valence-corrected chi connectivity index (χ2v) is 10.6. The van der Waals surface area contributed by atoms with Crippen molar-refractivity contribution in [2.75, 3.05) is 4.72 Å². The number of hydrogen-bond acceptors (Lipinski definition) is 6. The van der Waals surface area contributed by atoms with Crippen molar-refractivity contribution in [1.29, 1.82) is 0 Å². The van der Waals surface area contributed by atoms with Crippen molar-refractivity contribution in [3.63, 3.8) is 0 Å². The van der Waals surface area contributed by atoms with Gasteiger partial charge in [-0.3, -0.25) is 4.72 Å². The molecule has 36 heavy (non-hydrogen) atoms. The predicted octanol–water partition coefficient (Wildman–Crippen LogP) is 6.14. The summed E-state index contributed by atoms with van der Waals surface area (Å²) in [5.41, 5.74) is 6.30. The van der Waals surface area contributed by atoms with Crippen LogP contribution in [0.25, 0.3) is 33.5 Å². The maximum atomic E-state index is 12.8. The van der Waals surface area contributed by atoms with Gasteiger partial charge in [0.15, 0.2) is 10.6 Å². The lowest BCUT2D eigenvalue weighted by molar-refractivity contribution is 0.601. The molecule has 0 saturated carbocycles. The number of hydrogen-bond donors (Lipinski definition) is 2. The van der Waals surface area contributed by atoms with Gasteiger partial charge in [-0.15, -0.1) is 0 Å². The highest BCUT2D eigenvalue weighted by molar-refractivity contribution is 7.92. The Hall–Kier alpha value is -3.95. The van der Waals surface area contributed by atoms with Crippen LogP contribution in [0.15, 0.2) is 77.7 Å². The molecule has 0 atom stereocenters. The minimum atomic E-state index is -3.69. The van der Waals surface area contributed by atoms with Gasteiger partial charge in [0, 0.05) is 27.9 Å². The average molecular weight is 514 g/mol. The van der Waals surface area contributed by atoms with Crippen LogP contribution >= 0.6 is 12.2 Å². The molecule has 0 aliphatic heterocycles. The van der Waals surface area contributed by atoms with E-state index in [0.29, 0.717) is 16.3 Å². The lowest BCUT2D eigenvalue weighted by atomic mass is 10.0. The highest BCUT2D eigenvalue weighted by Crippen LogP contribution is 2.32. The highest BCUT2D eigenvalue weighted by Gasteiger charge is 2.17. The maximum absolute atomic E-state index is 12.8. The number of aryl methyl sites for hydroxylation is 3. The number of sulfonamides is 1. The van der Waals surface area contributed by atoms with Crippen LogP contribution in [0.5, 0.6) is 0 Å². The molecule has 0 fully saturated rings. The molecule has 2 heterocycles. The topological polar surface area (TPSA) is 101 Å². The van der Waals surface area contributed by atoms with Crippen molar-refractivity contribution < 1.29 is 8.42 Å². The number of rotatable bonds is 5. The molecule has 5 rings (SSSR count). The van der Waals surface area contributed by atoms with E-state index in [9.17, 15) is 8.42 Å². The first-order valence-corrected chi connectivity index (χ1v) is 13.1. The standard InChI is InChI=1S/C27H23N5O2S2/c1-16-8-14-21(15-9-16)36(33,34)32-20-12-10-19(11-13-20)26-30-23-7-5-4-6-22(23)25(31-26)24-17(2)28-27(35)29-18(24)3/h4-15,32H,1-3H3,(H,28,29,35). The third-order valence-corrected chi connectivity index (χ3v) is 7.46. The van der Waals surface area contributed by atoms with Crippen LogP contribution in [0, 0.1) is 25.5 Å². The van der Waals surface area contributed by atoms with Crippen LogP contribution in [-0.2, 0) is 10.0 Å². The largest absolute Gasteiger partial charge is 0.334 e. The van der Waals surface area contributed by atoms with Crippen molar-refractivity contribution in [2.45, 2.75) is 25.7 Å². The third kappa shape index (κ3) is 4.62. The molecule has 2 N–H and O–H groups in total. The van der Waals surface area contributed by atoms with Crippen molar-refractivity contribution in [1.82, 2.24) is 19.9 Å². The van der Waals surface area contributed by atoms with E-state index in [-0.39, 0.29) is 4.90 Å². The van der Waals surface area contributed by atoms with Gasteiger partial charge in [-0.05, 0) is 75.5 Å². The number of fused-ring (bicyclic) bond motifs is 1. The minimum Gasteiger partial charge on any atom is -0.334 e. The molecule has 0 unspecified atom stereocenters. The zero-order valence-electron chi connectivity index (χ0n) is 19.9. The third-order valence-electron chi connectivity index (χ3n) is 5.87. The molecule has 0 amide bonds. The number of aromatic amines is 1. The summed E-state index contributed by atoms with van der Waals surface area (Å²) in [7, 11) is -3.69. The van der Waals surface area contributed by atoms with Crippen LogP contribution in [0.4, 0.5) is 5.69 Å². The van der Waals surface area contributed by atoms with Crippen LogP contribution in [0.3, 0.4) is 0 Å². The van der Waals surface area contributed by atoms with E-state index in [0.717, 1.165) is 44.7 Å². The molecule has 0 radical (unpaired) electrons. The van der Waals surface area contributed by atoms with E-state index in [1.165, 1.54) is 0 Å². The first kappa shape index (κ1) is 23.8. The highest BCUT2D eigenvalue weighted by atomic mass is 32.2. The van der Waals surface area contributed by atoms with Gasteiger partial charge in [0.1, 0.15) is 0 Å². The Morgan fingerprint density at radius 3 is 2.22 bits per heavy atom. The van der Waals surface area contributed by atoms with Gasteiger partial charge in [0.05, 0.1) is 21.8 Å². The van der Waals surface area contributed by atoms with Gasteiger partial charge in [0.25, 0.3) is 10.0 Å². The number of H-pyrrole nitrogens is 1. The monoisotopic (exact) mass is 513 g/mol. The lowest BCUT2D eigenvalue weighted by Crippen LogP contribution is -2.12. The van der Waals surface area contributed by atoms with Gasteiger partial charge in [0.2, 0.25) is 0 Å². The molecule has 2 aromatic heterocycles. The molecule has 9 heteroatoms. The molecule has 0 aliphatic rings. The molecular weight excluding hydrogens is 490 g/mol. The van der Waals surface area contributed by atoms with Gasteiger partial charge in [-0.25, -0.2) is 23.4 Å². The molecule has 3 aromatic carbocycles. The number of nitrogens with zero attached hydrogens (tertiary/aromatic N) is 3. The second-order valence-electron chi connectivity index (χ2n) is 8.54. The normalized spacial score (nSPS) is 11.5. The second kappa shape index (κ2) is 9.25. The summed E-state index contributed by atoms with van der Waals surface area (Å²) >= 11 is 5.23. The molecule has 5 aromatic rings. The zero-order valence-corrected chi connectivity index (χ0v) is 21.5. The Bertz CT molecular complexity index is 1740. The van der Waals surface area contributed by atoms with Gasteiger partial charge < -0.3 is 4.98 Å². The van der Waals surface area contributed by atoms with E-state index in [1.54, 1.807) is 48.5 Å². The van der Waals surface area contributed by atoms with Crippen LogP contribution in [-0.4, -0.2) is 28.4 Å². The van der Waals surface area contributed by atoms with Crippen LogP contribution in [0.1, 0.15) is 17.0 Å². The molecule has 7 nitrogen and oxygen atoms in total. The molecule has 0 spiro atoms. The van der Waals surface area contributed by atoms with Crippen LogP contribution in [0.2, 0.25) is 0 Å². The summed E-state index contributed by atoms with van der Waals surface area (Å²) in [6.07, 6.45) is 0. The smallest absolute Gasteiger partial charge is 0.261 e. The van der Waals surface area contributed by atoms with Gasteiger partial charge >= 0.3 is 0 Å². The summed E-state index contributed by atoms with van der Waals surface area (Å²) in [5, 5.41) is 0.905. The maximum Gasteiger partial charge on any atom is 0.261 e. The number of aromatic nitrogens is 4.